The fourth-order valence-corrected chi connectivity index (χ4v) is 2.51. The van der Waals surface area contributed by atoms with Crippen molar-refractivity contribution in [2.45, 2.75) is 32.7 Å². The number of carbonyl (C=O) groups is 2. The number of piperidine rings is 1. The molecule has 0 saturated carbocycles. The average molecular weight is 307 g/mol. The first-order valence-electron chi connectivity index (χ1n) is 7.41. The predicted octanol–water partition coefficient (Wildman–Crippen LogP) is 0.849. The predicted molar refractivity (Wildman–Crippen MR) is 79.5 cm³/mol. The summed E-state index contributed by atoms with van der Waals surface area (Å²) in [4.78, 5) is 37.7. The smallest absolute Gasteiger partial charge is 0.358 e. The summed E-state index contributed by atoms with van der Waals surface area (Å²) in [5.74, 6) is -0.174. The Morgan fingerprint density at radius 2 is 1.95 bits per heavy atom. The molecule has 22 heavy (non-hydrogen) atoms. The minimum Gasteiger partial charge on any atom is -0.464 e. The topological polar surface area (TPSA) is 81.5 Å². The highest BCUT2D eigenvalue weighted by molar-refractivity contribution is 5.87. The van der Waals surface area contributed by atoms with Crippen molar-refractivity contribution in [3.63, 3.8) is 0 Å². The lowest BCUT2D eigenvalue weighted by atomic mass is 9.99. The van der Waals surface area contributed by atoms with E-state index in [1.54, 1.807) is 11.8 Å². The van der Waals surface area contributed by atoms with Gasteiger partial charge in [0.2, 0.25) is 5.91 Å². The molecule has 0 N–H and O–H groups in total. The summed E-state index contributed by atoms with van der Waals surface area (Å²) in [7, 11) is 1.24. The second-order valence-corrected chi connectivity index (χ2v) is 5.68. The first-order chi connectivity index (χ1) is 10.4. The quantitative estimate of drug-likeness (QED) is 0.773. The molecule has 7 heteroatoms. The molecule has 1 aromatic rings. The van der Waals surface area contributed by atoms with Gasteiger partial charge in [-0.1, -0.05) is 6.92 Å². The van der Waals surface area contributed by atoms with Crippen molar-refractivity contribution < 1.29 is 14.3 Å². The van der Waals surface area contributed by atoms with E-state index < -0.39 is 17.6 Å². The first kappa shape index (κ1) is 16.2. The van der Waals surface area contributed by atoms with Gasteiger partial charge in [-0.3, -0.25) is 9.59 Å². The highest BCUT2D eigenvalue weighted by Gasteiger charge is 2.27. The standard InChI is InChI=1S/C15H21N3O4/c1-10-6-8-17(9-7-10)14(20)11(2)18-13(19)5-4-12(16-18)15(21)22-3/h4-5,10-11H,6-9H2,1-3H3. The Hall–Kier alpha value is -2.18. The maximum absolute atomic E-state index is 12.5. The Labute approximate surface area is 128 Å². The Morgan fingerprint density at radius 3 is 2.55 bits per heavy atom. The molecule has 1 fully saturated rings. The third-order valence-electron chi connectivity index (χ3n) is 4.04. The van der Waals surface area contributed by atoms with Crippen LogP contribution in [0.25, 0.3) is 0 Å². The normalized spacial score (nSPS) is 17.1. The Morgan fingerprint density at radius 1 is 1.32 bits per heavy atom. The lowest BCUT2D eigenvalue weighted by Gasteiger charge is -2.32. The molecule has 120 valence electrons. The molecule has 2 heterocycles. The van der Waals surface area contributed by atoms with Gasteiger partial charge in [-0.15, -0.1) is 0 Å². The lowest BCUT2D eigenvalue weighted by Crippen LogP contribution is -2.43. The van der Waals surface area contributed by atoms with Crippen LogP contribution in [0.1, 0.15) is 43.2 Å². The average Bonchev–Trinajstić information content (AvgIpc) is 2.54. The van der Waals surface area contributed by atoms with E-state index in [-0.39, 0.29) is 11.6 Å². The van der Waals surface area contributed by atoms with Crippen LogP contribution in [0.15, 0.2) is 16.9 Å². The number of aromatic nitrogens is 2. The SMILES string of the molecule is COC(=O)c1ccc(=O)n(C(C)C(=O)N2CCC(C)CC2)n1. The van der Waals surface area contributed by atoms with Gasteiger partial charge in [0.15, 0.2) is 5.69 Å². The van der Waals surface area contributed by atoms with Crippen LogP contribution in [0.4, 0.5) is 0 Å². The highest BCUT2D eigenvalue weighted by atomic mass is 16.5. The number of hydrogen-bond donors (Lipinski definition) is 0. The second kappa shape index (κ2) is 6.72. The van der Waals surface area contributed by atoms with E-state index in [1.807, 2.05) is 0 Å². The summed E-state index contributed by atoms with van der Waals surface area (Å²) in [5, 5.41) is 3.96. The first-order valence-corrected chi connectivity index (χ1v) is 7.41. The largest absolute Gasteiger partial charge is 0.464 e. The Kier molecular flexibility index (Phi) is 4.95. The van der Waals surface area contributed by atoms with Crippen LogP contribution in [-0.4, -0.2) is 46.8 Å². The molecule has 1 amide bonds. The van der Waals surface area contributed by atoms with Gasteiger partial charge in [0.25, 0.3) is 5.56 Å². The fourth-order valence-electron chi connectivity index (χ4n) is 2.51. The van der Waals surface area contributed by atoms with Crippen LogP contribution in [0.5, 0.6) is 0 Å². The molecule has 7 nitrogen and oxygen atoms in total. The molecule has 0 spiro atoms. The van der Waals surface area contributed by atoms with E-state index in [9.17, 15) is 14.4 Å². The second-order valence-electron chi connectivity index (χ2n) is 5.68. The van der Waals surface area contributed by atoms with Crippen molar-refractivity contribution >= 4 is 11.9 Å². The fraction of sp³-hybridized carbons (Fsp3) is 0.600. The monoisotopic (exact) mass is 307 g/mol. The van der Waals surface area contributed by atoms with Crippen molar-refractivity contribution in [2.24, 2.45) is 5.92 Å². The number of esters is 1. The van der Waals surface area contributed by atoms with Crippen LogP contribution >= 0.6 is 0 Å². The third-order valence-corrected chi connectivity index (χ3v) is 4.04. The van der Waals surface area contributed by atoms with Gasteiger partial charge in [0.05, 0.1) is 7.11 Å². The molecule has 0 radical (unpaired) electrons. The van der Waals surface area contributed by atoms with Gasteiger partial charge in [0, 0.05) is 19.2 Å². The number of likely N-dealkylation sites (tertiary alicyclic amines) is 1. The van der Waals surface area contributed by atoms with E-state index >= 15 is 0 Å². The molecule has 0 aromatic carbocycles. The number of ether oxygens (including phenoxy) is 1. The molecular formula is C15H21N3O4. The summed E-state index contributed by atoms with van der Waals surface area (Å²) in [6.07, 6.45) is 1.92. The van der Waals surface area contributed by atoms with Crippen molar-refractivity contribution in [2.75, 3.05) is 20.2 Å². The van der Waals surface area contributed by atoms with E-state index in [0.29, 0.717) is 19.0 Å². The molecule has 1 saturated heterocycles. The van der Waals surface area contributed by atoms with E-state index in [4.69, 9.17) is 0 Å². The number of carbonyl (C=O) groups excluding carboxylic acids is 2. The number of methoxy groups -OCH3 is 1. The lowest BCUT2D eigenvalue weighted by molar-refractivity contribution is -0.136. The number of nitrogens with zero attached hydrogens (tertiary/aromatic N) is 3. The van der Waals surface area contributed by atoms with Crippen molar-refractivity contribution in [1.29, 1.82) is 0 Å². The Balaban J connectivity index is 2.21. The van der Waals surface area contributed by atoms with Crippen LogP contribution in [0.2, 0.25) is 0 Å². The van der Waals surface area contributed by atoms with Crippen molar-refractivity contribution in [3.05, 3.63) is 28.2 Å². The van der Waals surface area contributed by atoms with E-state index in [1.165, 1.54) is 19.2 Å². The van der Waals surface area contributed by atoms with Gasteiger partial charge < -0.3 is 9.64 Å². The zero-order valence-electron chi connectivity index (χ0n) is 13.1. The van der Waals surface area contributed by atoms with Crippen LogP contribution in [0.3, 0.4) is 0 Å². The van der Waals surface area contributed by atoms with Gasteiger partial charge in [0.1, 0.15) is 6.04 Å². The maximum atomic E-state index is 12.5. The number of rotatable bonds is 3. The van der Waals surface area contributed by atoms with Crippen LogP contribution < -0.4 is 5.56 Å². The number of amides is 1. The molecule has 1 unspecified atom stereocenters. The van der Waals surface area contributed by atoms with E-state index in [2.05, 4.69) is 16.8 Å². The summed E-state index contributed by atoms with van der Waals surface area (Å²) >= 11 is 0. The highest BCUT2D eigenvalue weighted by Crippen LogP contribution is 2.18. The minimum atomic E-state index is -0.745. The van der Waals surface area contributed by atoms with Crippen molar-refractivity contribution in [1.82, 2.24) is 14.7 Å². The van der Waals surface area contributed by atoms with E-state index in [0.717, 1.165) is 17.5 Å². The maximum Gasteiger partial charge on any atom is 0.358 e. The molecule has 2 rings (SSSR count). The summed E-state index contributed by atoms with van der Waals surface area (Å²) in [6, 6.07) is 1.77. The summed E-state index contributed by atoms with van der Waals surface area (Å²) in [6.45, 7) is 5.17. The van der Waals surface area contributed by atoms with Crippen LogP contribution in [0, 0.1) is 5.92 Å². The van der Waals surface area contributed by atoms with Gasteiger partial charge in [-0.2, -0.15) is 5.10 Å². The molecule has 0 bridgehead atoms. The van der Waals surface area contributed by atoms with Crippen LogP contribution in [-0.2, 0) is 9.53 Å². The van der Waals surface area contributed by atoms with Gasteiger partial charge in [-0.25, -0.2) is 9.48 Å². The van der Waals surface area contributed by atoms with Gasteiger partial charge in [-0.05, 0) is 31.7 Å². The number of hydrogen-bond acceptors (Lipinski definition) is 5. The van der Waals surface area contributed by atoms with Crippen molar-refractivity contribution in [3.8, 4) is 0 Å². The third kappa shape index (κ3) is 3.35. The molecule has 1 aliphatic rings. The molecular weight excluding hydrogens is 286 g/mol. The summed E-state index contributed by atoms with van der Waals surface area (Å²) in [5.41, 5.74) is -0.409. The zero-order chi connectivity index (χ0) is 16.3. The Bertz CT molecular complexity index is 617. The molecule has 0 aliphatic carbocycles. The molecule has 1 aromatic heterocycles. The summed E-state index contributed by atoms with van der Waals surface area (Å²) < 4.78 is 5.64. The minimum absolute atomic E-state index is 0.00835. The molecule has 1 atom stereocenters. The molecule has 1 aliphatic heterocycles. The van der Waals surface area contributed by atoms with Gasteiger partial charge >= 0.3 is 5.97 Å². The zero-order valence-corrected chi connectivity index (χ0v) is 13.1.